The molecule has 0 saturated heterocycles. The lowest BCUT2D eigenvalue weighted by atomic mass is 10.1. The molecule has 0 radical (unpaired) electrons. The molecule has 18 heavy (non-hydrogen) atoms. The van der Waals surface area contributed by atoms with Crippen LogP contribution in [0.3, 0.4) is 0 Å². The van der Waals surface area contributed by atoms with E-state index in [4.69, 9.17) is 9.84 Å². The number of carboxylic acids is 1. The van der Waals surface area contributed by atoms with Gasteiger partial charge in [-0.3, -0.25) is 9.78 Å². The molecule has 0 aromatic carbocycles. The van der Waals surface area contributed by atoms with Gasteiger partial charge in [0, 0.05) is 23.1 Å². The van der Waals surface area contributed by atoms with Crippen molar-refractivity contribution in [3.05, 3.63) is 23.0 Å². The summed E-state index contributed by atoms with van der Waals surface area (Å²) in [6.07, 6.45) is 1.76. The molecule has 1 heterocycles. The average molecular weight is 269 g/mol. The van der Waals surface area contributed by atoms with Crippen molar-refractivity contribution in [2.24, 2.45) is 0 Å². The van der Waals surface area contributed by atoms with Gasteiger partial charge in [0.1, 0.15) is 10.5 Å². The normalized spacial score (nSPS) is 11.4. The van der Waals surface area contributed by atoms with Gasteiger partial charge in [0.25, 0.3) is 0 Å². The maximum Gasteiger partial charge on any atom is 0.319 e. The van der Waals surface area contributed by atoms with Gasteiger partial charge in [0.05, 0.1) is 12.8 Å². The van der Waals surface area contributed by atoms with Gasteiger partial charge in [0.2, 0.25) is 0 Å². The van der Waals surface area contributed by atoms with Gasteiger partial charge in [-0.15, -0.1) is 11.8 Å². The van der Waals surface area contributed by atoms with E-state index in [-0.39, 0.29) is 0 Å². The first-order valence-corrected chi connectivity index (χ1v) is 6.64. The standard InChI is InChI=1S/C13H19NO3S/c1-8-6-14-10(9(2)11(8)17-5)7-18-13(3,4)12(15)16/h6H,7H2,1-5H3,(H,15,16). The topological polar surface area (TPSA) is 59.4 Å². The second-order valence-corrected chi connectivity index (χ2v) is 6.25. The van der Waals surface area contributed by atoms with Crippen molar-refractivity contribution >= 4 is 17.7 Å². The first-order valence-electron chi connectivity index (χ1n) is 5.66. The van der Waals surface area contributed by atoms with E-state index in [2.05, 4.69) is 4.98 Å². The molecule has 0 amide bonds. The zero-order valence-electron chi connectivity index (χ0n) is 11.4. The van der Waals surface area contributed by atoms with Crippen molar-refractivity contribution in [1.82, 2.24) is 4.98 Å². The number of hydrogen-bond donors (Lipinski definition) is 1. The summed E-state index contributed by atoms with van der Waals surface area (Å²) < 4.78 is 4.52. The van der Waals surface area contributed by atoms with Crippen molar-refractivity contribution in [3.63, 3.8) is 0 Å². The van der Waals surface area contributed by atoms with Crippen LogP contribution in [0.4, 0.5) is 0 Å². The fourth-order valence-electron chi connectivity index (χ4n) is 1.53. The molecule has 0 aliphatic carbocycles. The van der Waals surface area contributed by atoms with E-state index in [1.54, 1.807) is 27.2 Å². The van der Waals surface area contributed by atoms with E-state index in [9.17, 15) is 4.79 Å². The number of thioether (sulfide) groups is 1. The van der Waals surface area contributed by atoms with Crippen molar-refractivity contribution in [3.8, 4) is 5.75 Å². The minimum atomic E-state index is -0.816. The average Bonchev–Trinajstić information content (AvgIpc) is 2.28. The van der Waals surface area contributed by atoms with Crippen LogP contribution < -0.4 is 4.74 Å². The molecular weight excluding hydrogens is 250 g/mol. The number of ether oxygens (including phenoxy) is 1. The third kappa shape index (κ3) is 3.16. The maximum absolute atomic E-state index is 11.0. The summed E-state index contributed by atoms with van der Waals surface area (Å²) in [4.78, 5) is 15.4. The molecule has 0 atom stereocenters. The Balaban J connectivity index is 2.90. The monoisotopic (exact) mass is 269 g/mol. The third-order valence-corrected chi connectivity index (χ3v) is 4.15. The number of pyridine rings is 1. The van der Waals surface area contributed by atoms with Crippen molar-refractivity contribution in [2.45, 2.75) is 38.2 Å². The van der Waals surface area contributed by atoms with Gasteiger partial charge in [-0.2, -0.15) is 0 Å². The number of aliphatic carboxylic acids is 1. The van der Waals surface area contributed by atoms with E-state index >= 15 is 0 Å². The second kappa shape index (κ2) is 5.61. The summed E-state index contributed by atoms with van der Waals surface area (Å²) in [5, 5.41) is 9.07. The highest BCUT2D eigenvalue weighted by Gasteiger charge is 2.28. The molecule has 0 aliphatic rings. The Morgan fingerprint density at radius 2 is 2.11 bits per heavy atom. The minimum absolute atomic E-state index is 0.557. The van der Waals surface area contributed by atoms with Crippen LogP contribution in [-0.4, -0.2) is 27.9 Å². The van der Waals surface area contributed by atoms with Crippen LogP contribution >= 0.6 is 11.8 Å². The summed E-state index contributed by atoms with van der Waals surface area (Å²) in [7, 11) is 1.63. The summed E-state index contributed by atoms with van der Waals surface area (Å²) in [5.74, 6) is 0.569. The first kappa shape index (κ1) is 14.8. The van der Waals surface area contributed by atoms with Crippen LogP contribution in [-0.2, 0) is 10.5 Å². The summed E-state index contributed by atoms with van der Waals surface area (Å²) >= 11 is 1.36. The van der Waals surface area contributed by atoms with E-state index in [0.717, 1.165) is 22.6 Å². The van der Waals surface area contributed by atoms with Gasteiger partial charge in [0.15, 0.2) is 0 Å². The smallest absolute Gasteiger partial charge is 0.319 e. The lowest BCUT2D eigenvalue weighted by Gasteiger charge is -2.19. The zero-order valence-corrected chi connectivity index (χ0v) is 12.2. The largest absolute Gasteiger partial charge is 0.496 e. The quantitative estimate of drug-likeness (QED) is 0.890. The van der Waals surface area contributed by atoms with Gasteiger partial charge >= 0.3 is 5.97 Å². The molecule has 4 nitrogen and oxygen atoms in total. The molecule has 1 aromatic rings. The summed E-state index contributed by atoms with van der Waals surface area (Å²) in [6.45, 7) is 7.28. The predicted octanol–water partition coefficient (Wildman–Crippen LogP) is 2.80. The summed E-state index contributed by atoms with van der Waals surface area (Å²) in [5.41, 5.74) is 2.84. The molecule has 100 valence electrons. The van der Waals surface area contributed by atoms with Gasteiger partial charge in [-0.05, 0) is 27.7 Å². The molecule has 0 fully saturated rings. The van der Waals surface area contributed by atoms with Gasteiger partial charge < -0.3 is 9.84 Å². The third-order valence-electron chi connectivity index (χ3n) is 2.83. The molecule has 1 rings (SSSR count). The number of hydrogen-bond acceptors (Lipinski definition) is 4. The molecule has 0 aliphatic heterocycles. The highest BCUT2D eigenvalue weighted by molar-refractivity contribution is 8.00. The van der Waals surface area contributed by atoms with Crippen LogP contribution in [0, 0.1) is 13.8 Å². The Morgan fingerprint density at radius 1 is 1.50 bits per heavy atom. The molecule has 5 heteroatoms. The summed E-state index contributed by atoms with van der Waals surface area (Å²) in [6, 6.07) is 0. The number of rotatable bonds is 5. The Morgan fingerprint density at radius 3 is 2.61 bits per heavy atom. The molecule has 0 saturated carbocycles. The SMILES string of the molecule is COc1c(C)cnc(CSC(C)(C)C(=O)O)c1C. The molecule has 0 spiro atoms. The van der Waals surface area contributed by atoms with Crippen LogP contribution in [0.2, 0.25) is 0 Å². The molecule has 1 aromatic heterocycles. The number of methoxy groups -OCH3 is 1. The Bertz CT molecular complexity index is 458. The van der Waals surface area contributed by atoms with Crippen LogP contribution in [0.1, 0.15) is 30.7 Å². The lowest BCUT2D eigenvalue weighted by molar-refractivity contribution is -0.138. The van der Waals surface area contributed by atoms with E-state index in [0.29, 0.717) is 5.75 Å². The zero-order chi connectivity index (χ0) is 13.9. The number of carbonyl (C=O) groups is 1. The van der Waals surface area contributed by atoms with Gasteiger partial charge in [-0.25, -0.2) is 0 Å². The van der Waals surface area contributed by atoms with Crippen LogP contribution in [0.15, 0.2) is 6.20 Å². The highest BCUT2D eigenvalue weighted by Crippen LogP contribution is 2.31. The minimum Gasteiger partial charge on any atom is -0.496 e. The second-order valence-electron chi connectivity index (χ2n) is 4.65. The van der Waals surface area contributed by atoms with Crippen molar-refractivity contribution < 1.29 is 14.6 Å². The van der Waals surface area contributed by atoms with E-state index < -0.39 is 10.7 Å². The molecule has 0 bridgehead atoms. The molecule has 0 unspecified atom stereocenters. The Labute approximate surface area is 112 Å². The van der Waals surface area contributed by atoms with E-state index in [1.807, 2.05) is 13.8 Å². The highest BCUT2D eigenvalue weighted by atomic mass is 32.2. The van der Waals surface area contributed by atoms with E-state index in [1.165, 1.54) is 11.8 Å². The lowest BCUT2D eigenvalue weighted by Crippen LogP contribution is -2.27. The van der Waals surface area contributed by atoms with Crippen LogP contribution in [0.5, 0.6) is 5.75 Å². The number of aryl methyl sites for hydroxylation is 1. The van der Waals surface area contributed by atoms with Crippen LogP contribution in [0.25, 0.3) is 0 Å². The van der Waals surface area contributed by atoms with Crippen molar-refractivity contribution in [1.29, 1.82) is 0 Å². The fourth-order valence-corrected chi connectivity index (χ4v) is 2.44. The number of nitrogens with zero attached hydrogens (tertiary/aromatic N) is 1. The fraction of sp³-hybridized carbons (Fsp3) is 0.538. The van der Waals surface area contributed by atoms with Crippen molar-refractivity contribution in [2.75, 3.05) is 7.11 Å². The molecule has 1 N–H and O–H groups in total. The number of carboxylic acid groups (broad SMARTS) is 1. The first-order chi connectivity index (χ1) is 8.29. The molecular formula is C13H19NO3S. The Hall–Kier alpha value is -1.23. The Kier molecular flexibility index (Phi) is 4.62. The maximum atomic E-state index is 11.0. The predicted molar refractivity (Wildman–Crippen MR) is 73.3 cm³/mol. The number of aromatic nitrogens is 1. The van der Waals surface area contributed by atoms with Gasteiger partial charge in [-0.1, -0.05) is 0 Å².